The fraction of sp³-hybridized carbons (Fsp3) is 0.895. The molecule has 1 saturated heterocycles. The summed E-state index contributed by atoms with van der Waals surface area (Å²) < 4.78 is 5.34. The molecular formula is C19H33NO3. The van der Waals surface area contributed by atoms with Crippen LogP contribution in [0.2, 0.25) is 0 Å². The molecule has 1 amide bonds. The van der Waals surface area contributed by atoms with Crippen molar-refractivity contribution in [2.45, 2.75) is 78.7 Å². The number of ether oxygens (including phenoxy) is 1. The maximum atomic E-state index is 12.2. The second kappa shape index (κ2) is 7.67. The number of hydrogen-bond acceptors (Lipinski definition) is 3. The van der Waals surface area contributed by atoms with E-state index in [2.05, 4.69) is 27.7 Å². The third-order valence-corrected chi connectivity index (χ3v) is 5.75. The van der Waals surface area contributed by atoms with Crippen LogP contribution in [-0.2, 0) is 14.3 Å². The molecule has 4 nitrogen and oxygen atoms in total. The summed E-state index contributed by atoms with van der Waals surface area (Å²) in [6.07, 6.45) is 7.25. The minimum atomic E-state index is -0.171. The number of rotatable bonds is 3. The molecule has 0 spiro atoms. The Morgan fingerprint density at radius 1 is 1.04 bits per heavy atom. The van der Waals surface area contributed by atoms with Crippen molar-refractivity contribution in [3.8, 4) is 0 Å². The van der Waals surface area contributed by atoms with Crippen molar-refractivity contribution in [1.82, 2.24) is 4.90 Å². The normalized spacial score (nSPS) is 29.2. The molecule has 0 aromatic rings. The highest BCUT2D eigenvalue weighted by Gasteiger charge is 2.33. The average Bonchev–Trinajstić information content (AvgIpc) is 2.52. The number of hydrogen-bond donors (Lipinski definition) is 0. The van der Waals surface area contributed by atoms with Gasteiger partial charge in [0, 0.05) is 12.6 Å². The second-order valence-corrected chi connectivity index (χ2v) is 8.45. The monoisotopic (exact) mass is 323 g/mol. The van der Waals surface area contributed by atoms with E-state index in [9.17, 15) is 9.59 Å². The van der Waals surface area contributed by atoms with Gasteiger partial charge >= 0.3 is 5.97 Å². The molecule has 0 N–H and O–H groups in total. The van der Waals surface area contributed by atoms with E-state index in [4.69, 9.17) is 4.74 Å². The Labute approximate surface area is 140 Å². The molecule has 0 aromatic carbocycles. The van der Waals surface area contributed by atoms with Crippen LogP contribution in [0.3, 0.4) is 0 Å². The van der Waals surface area contributed by atoms with Gasteiger partial charge in [-0.3, -0.25) is 9.59 Å². The molecule has 1 atom stereocenters. The number of carbonyl (C=O) groups is 2. The molecule has 0 radical (unpaired) electrons. The molecule has 1 unspecified atom stereocenters. The third-order valence-electron chi connectivity index (χ3n) is 5.75. The van der Waals surface area contributed by atoms with E-state index in [0.29, 0.717) is 11.3 Å². The summed E-state index contributed by atoms with van der Waals surface area (Å²) in [5.74, 6) is 0.465. The van der Waals surface area contributed by atoms with Crippen molar-refractivity contribution in [1.29, 1.82) is 0 Å². The van der Waals surface area contributed by atoms with E-state index in [1.54, 1.807) is 0 Å². The van der Waals surface area contributed by atoms with E-state index in [-0.39, 0.29) is 30.4 Å². The first-order chi connectivity index (χ1) is 10.8. The van der Waals surface area contributed by atoms with Gasteiger partial charge in [-0.25, -0.2) is 0 Å². The molecule has 1 aliphatic heterocycles. The summed E-state index contributed by atoms with van der Waals surface area (Å²) in [4.78, 5) is 26.3. The molecule has 0 aromatic heterocycles. The lowest BCUT2D eigenvalue weighted by atomic mass is 9.70. The number of esters is 1. The Hall–Kier alpha value is -1.06. The van der Waals surface area contributed by atoms with Crippen LogP contribution in [0.5, 0.6) is 0 Å². The topological polar surface area (TPSA) is 46.6 Å². The van der Waals surface area contributed by atoms with Gasteiger partial charge in [-0.2, -0.15) is 0 Å². The van der Waals surface area contributed by atoms with Gasteiger partial charge in [-0.15, -0.1) is 0 Å². The number of nitrogens with zero attached hydrogens (tertiary/aromatic N) is 1. The van der Waals surface area contributed by atoms with Gasteiger partial charge in [0.2, 0.25) is 0 Å². The smallest absolute Gasteiger partial charge is 0.309 e. The Balaban J connectivity index is 1.74. The molecule has 132 valence electrons. The second-order valence-electron chi connectivity index (χ2n) is 8.45. The Morgan fingerprint density at radius 2 is 1.70 bits per heavy atom. The third kappa shape index (κ3) is 4.95. The van der Waals surface area contributed by atoms with E-state index < -0.39 is 0 Å². The van der Waals surface area contributed by atoms with Gasteiger partial charge in [0.15, 0.2) is 6.61 Å². The van der Waals surface area contributed by atoms with Crippen molar-refractivity contribution in [3.05, 3.63) is 0 Å². The van der Waals surface area contributed by atoms with Gasteiger partial charge in [0.1, 0.15) is 0 Å². The molecule has 1 heterocycles. The Bertz CT molecular complexity index is 419. The van der Waals surface area contributed by atoms with Gasteiger partial charge in [-0.05, 0) is 63.2 Å². The summed E-state index contributed by atoms with van der Waals surface area (Å²) in [6, 6.07) is 0.275. The predicted molar refractivity (Wildman–Crippen MR) is 90.9 cm³/mol. The van der Waals surface area contributed by atoms with Crippen molar-refractivity contribution >= 4 is 11.9 Å². The zero-order valence-electron chi connectivity index (χ0n) is 15.3. The van der Waals surface area contributed by atoms with Crippen molar-refractivity contribution < 1.29 is 14.3 Å². The maximum absolute atomic E-state index is 12.2. The minimum Gasteiger partial charge on any atom is -0.455 e. The molecule has 2 aliphatic rings. The zero-order chi connectivity index (χ0) is 17.0. The maximum Gasteiger partial charge on any atom is 0.309 e. The van der Waals surface area contributed by atoms with Crippen LogP contribution in [0.25, 0.3) is 0 Å². The standard InChI is InChI=1S/C19H33NO3/c1-14-7-5-6-12-20(14)17(21)13-23-18(22)15-8-10-16(11-9-15)19(2,3)4/h14-16H,5-13H2,1-4H3. The first kappa shape index (κ1) is 18.3. The molecule has 2 fully saturated rings. The van der Waals surface area contributed by atoms with Crippen LogP contribution in [0, 0.1) is 17.3 Å². The SMILES string of the molecule is CC1CCCCN1C(=O)COC(=O)C1CCC(C(C)(C)C)CC1. The number of carbonyl (C=O) groups excluding carboxylic acids is 2. The molecular weight excluding hydrogens is 290 g/mol. The van der Waals surface area contributed by atoms with Gasteiger partial charge in [0.05, 0.1) is 5.92 Å². The van der Waals surface area contributed by atoms with E-state index in [0.717, 1.165) is 45.1 Å². The van der Waals surface area contributed by atoms with Crippen LogP contribution in [0.4, 0.5) is 0 Å². The first-order valence-electron chi connectivity index (χ1n) is 9.25. The summed E-state index contributed by atoms with van der Waals surface area (Å²) in [5.41, 5.74) is 0.315. The summed E-state index contributed by atoms with van der Waals surface area (Å²) >= 11 is 0. The summed E-state index contributed by atoms with van der Waals surface area (Å²) in [7, 11) is 0. The van der Waals surface area contributed by atoms with Crippen LogP contribution in [-0.4, -0.2) is 36.0 Å². The summed E-state index contributed by atoms with van der Waals surface area (Å²) in [6.45, 7) is 9.61. The molecule has 1 aliphatic carbocycles. The van der Waals surface area contributed by atoms with Crippen molar-refractivity contribution in [3.63, 3.8) is 0 Å². The molecule has 23 heavy (non-hydrogen) atoms. The number of likely N-dealkylation sites (tertiary alicyclic amines) is 1. The predicted octanol–water partition coefficient (Wildman–Crippen LogP) is 3.78. The average molecular weight is 323 g/mol. The fourth-order valence-electron chi connectivity index (χ4n) is 4.00. The summed E-state index contributed by atoms with van der Waals surface area (Å²) in [5, 5.41) is 0. The van der Waals surface area contributed by atoms with Crippen LogP contribution in [0.15, 0.2) is 0 Å². The quantitative estimate of drug-likeness (QED) is 0.743. The fourth-order valence-corrected chi connectivity index (χ4v) is 4.00. The molecule has 1 saturated carbocycles. The van der Waals surface area contributed by atoms with E-state index in [1.165, 1.54) is 6.42 Å². The van der Waals surface area contributed by atoms with Gasteiger partial charge < -0.3 is 9.64 Å². The number of piperidine rings is 1. The van der Waals surface area contributed by atoms with Crippen molar-refractivity contribution in [2.24, 2.45) is 17.3 Å². The van der Waals surface area contributed by atoms with Gasteiger partial charge in [0.25, 0.3) is 5.91 Å². The Kier molecular flexibility index (Phi) is 6.10. The highest BCUT2D eigenvalue weighted by atomic mass is 16.5. The highest BCUT2D eigenvalue weighted by molar-refractivity contribution is 5.81. The van der Waals surface area contributed by atoms with Crippen molar-refractivity contribution in [2.75, 3.05) is 13.2 Å². The minimum absolute atomic E-state index is 0.0137. The van der Waals surface area contributed by atoms with E-state index >= 15 is 0 Å². The molecule has 0 bridgehead atoms. The lowest BCUT2D eigenvalue weighted by molar-refractivity contribution is -0.158. The number of amides is 1. The zero-order valence-corrected chi connectivity index (χ0v) is 15.3. The first-order valence-corrected chi connectivity index (χ1v) is 9.25. The molecule has 4 heteroatoms. The lowest BCUT2D eigenvalue weighted by Gasteiger charge is -2.36. The van der Waals surface area contributed by atoms with Crippen LogP contribution < -0.4 is 0 Å². The van der Waals surface area contributed by atoms with E-state index in [1.807, 2.05) is 4.90 Å². The Morgan fingerprint density at radius 3 is 2.26 bits per heavy atom. The van der Waals surface area contributed by atoms with Gasteiger partial charge in [-0.1, -0.05) is 20.8 Å². The van der Waals surface area contributed by atoms with Crippen LogP contribution in [0.1, 0.15) is 72.6 Å². The highest BCUT2D eigenvalue weighted by Crippen LogP contribution is 2.40. The van der Waals surface area contributed by atoms with Crippen LogP contribution >= 0.6 is 0 Å². The molecule has 2 rings (SSSR count). The largest absolute Gasteiger partial charge is 0.455 e. The lowest BCUT2D eigenvalue weighted by Crippen LogP contribution is -2.44.